The third-order valence-electron chi connectivity index (χ3n) is 6.55. The Labute approximate surface area is 214 Å². The first-order valence-electron chi connectivity index (χ1n) is 12.0. The second-order valence-electron chi connectivity index (χ2n) is 9.41. The average molecular weight is 510 g/mol. The molecular weight excluding hydrogens is 480 g/mol. The first kappa shape index (κ1) is 26.2. The lowest BCUT2D eigenvalue weighted by atomic mass is 9.99. The molecule has 194 valence electrons. The lowest BCUT2D eigenvalue weighted by molar-refractivity contribution is 0.0313. The van der Waals surface area contributed by atoms with E-state index in [1.54, 1.807) is 43.1 Å². The highest BCUT2D eigenvalue weighted by Gasteiger charge is 2.35. The molecule has 2 heterocycles. The van der Waals surface area contributed by atoms with Gasteiger partial charge in [0.1, 0.15) is 23.3 Å². The van der Waals surface area contributed by atoms with Crippen LogP contribution in [-0.2, 0) is 0 Å². The summed E-state index contributed by atoms with van der Waals surface area (Å²) in [5.41, 5.74) is 1.48. The van der Waals surface area contributed by atoms with Crippen LogP contribution < -0.4 is 4.74 Å². The van der Waals surface area contributed by atoms with E-state index in [0.29, 0.717) is 11.1 Å². The van der Waals surface area contributed by atoms with Gasteiger partial charge in [-0.25, -0.2) is 13.8 Å². The molecular formula is C28H29F2N3O4. The standard InChI is InChI=1S/C28H29F2N3O4/c1-17-14-33(18(2)16-34)28(36)24-12-21(19-6-4-8-22(29)10-19)13-31-26(24)37-25(17)15-32(3)27(35)20-7-5-9-23(30)11-20/h4-13,17-18,25,34H,14-16H2,1-3H3/t17-,18+,25-/m0/s1. The van der Waals surface area contributed by atoms with Crippen molar-refractivity contribution < 1.29 is 28.2 Å². The van der Waals surface area contributed by atoms with E-state index in [-0.39, 0.29) is 54.4 Å². The molecule has 1 aromatic heterocycles. The van der Waals surface area contributed by atoms with Gasteiger partial charge in [-0.15, -0.1) is 0 Å². The van der Waals surface area contributed by atoms with Gasteiger partial charge in [-0.05, 0) is 48.9 Å². The van der Waals surface area contributed by atoms with Crippen LogP contribution in [0.25, 0.3) is 11.1 Å². The number of fused-ring (bicyclic) bond motifs is 1. The van der Waals surface area contributed by atoms with E-state index in [4.69, 9.17) is 4.74 Å². The molecule has 0 saturated heterocycles. The summed E-state index contributed by atoms with van der Waals surface area (Å²) in [4.78, 5) is 33.9. The maximum Gasteiger partial charge on any atom is 0.259 e. The summed E-state index contributed by atoms with van der Waals surface area (Å²) >= 11 is 0. The molecule has 2 amide bonds. The molecule has 4 rings (SSSR count). The summed E-state index contributed by atoms with van der Waals surface area (Å²) in [6, 6.07) is 12.5. The van der Waals surface area contributed by atoms with Crippen molar-refractivity contribution in [2.45, 2.75) is 26.0 Å². The van der Waals surface area contributed by atoms with Crippen LogP contribution in [0, 0.1) is 17.6 Å². The minimum atomic E-state index is -0.560. The second kappa shape index (κ2) is 11.0. The first-order chi connectivity index (χ1) is 17.7. The van der Waals surface area contributed by atoms with E-state index in [2.05, 4.69) is 4.98 Å². The molecule has 9 heteroatoms. The summed E-state index contributed by atoms with van der Waals surface area (Å²) in [5, 5.41) is 9.83. The molecule has 37 heavy (non-hydrogen) atoms. The van der Waals surface area contributed by atoms with Crippen molar-refractivity contribution in [3.63, 3.8) is 0 Å². The topological polar surface area (TPSA) is 83.0 Å². The Morgan fingerprint density at radius 1 is 1.16 bits per heavy atom. The predicted octanol–water partition coefficient (Wildman–Crippen LogP) is 4.02. The number of pyridine rings is 1. The van der Waals surface area contributed by atoms with Crippen LogP contribution in [0.1, 0.15) is 34.6 Å². The van der Waals surface area contributed by atoms with E-state index >= 15 is 0 Å². The molecule has 2 aromatic carbocycles. The zero-order chi connectivity index (χ0) is 26.7. The van der Waals surface area contributed by atoms with Crippen molar-refractivity contribution in [1.82, 2.24) is 14.8 Å². The Balaban J connectivity index is 1.68. The van der Waals surface area contributed by atoms with Crippen LogP contribution in [0.4, 0.5) is 8.78 Å². The Morgan fingerprint density at radius 3 is 2.54 bits per heavy atom. The number of ether oxygens (including phenoxy) is 1. The van der Waals surface area contributed by atoms with Crippen molar-refractivity contribution in [2.24, 2.45) is 5.92 Å². The summed E-state index contributed by atoms with van der Waals surface area (Å²) in [6.45, 7) is 3.80. The van der Waals surface area contributed by atoms with Crippen LogP contribution in [-0.4, -0.2) is 70.6 Å². The summed E-state index contributed by atoms with van der Waals surface area (Å²) < 4.78 is 33.7. The molecule has 1 N–H and O–H groups in total. The van der Waals surface area contributed by atoms with Crippen molar-refractivity contribution in [3.05, 3.63) is 83.6 Å². The van der Waals surface area contributed by atoms with Crippen LogP contribution in [0.5, 0.6) is 5.88 Å². The maximum absolute atomic E-state index is 13.8. The Morgan fingerprint density at radius 2 is 1.86 bits per heavy atom. The SMILES string of the molecule is C[C@H](CO)N1C[C@H](C)[C@H](CN(C)C(=O)c2cccc(F)c2)Oc2ncc(-c3cccc(F)c3)cc2C1=O. The molecule has 0 fully saturated rings. The van der Waals surface area contributed by atoms with Gasteiger partial charge in [-0.2, -0.15) is 0 Å². The van der Waals surface area contributed by atoms with Gasteiger partial charge in [0, 0.05) is 36.8 Å². The fourth-order valence-corrected chi connectivity index (χ4v) is 4.34. The van der Waals surface area contributed by atoms with Gasteiger partial charge in [0.15, 0.2) is 0 Å². The highest BCUT2D eigenvalue weighted by atomic mass is 19.1. The van der Waals surface area contributed by atoms with Crippen molar-refractivity contribution in [1.29, 1.82) is 0 Å². The molecule has 0 unspecified atom stereocenters. The molecule has 1 aliphatic rings. The molecule has 3 atom stereocenters. The number of carbonyl (C=O) groups is 2. The number of halogens is 2. The van der Waals surface area contributed by atoms with Gasteiger partial charge >= 0.3 is 0 Å². The van der Waals surface area contributed by atoms with E-state index in [1.165, 1.54) is 41.4 Å². The van der Waals surface area contributed by atoms with Crippen molar-refractivity contribution in [3.8, 4) is 17.0 Å². The minimum absolute atomic E-state index is 0.0865. The zero-order valence-electron chi connectivity index (χ0n) is 20.9. The van der Waals surface area contributed by atoms with Gasteiger partial charge in [0.05, 0.1) is 19.2 Å². The number of hydrogen-bond acceptors (Lipinski definition) is 5. The lowest BCUT2D eigenvalue weighted by Crippen LogP contribution is -2.50. The quantitative estimate of drug-likeness (QED) is 0.543. The number of carbonyl (C=O) groups excluding carboxylic acids is 2. The minimum Gasteiger partial charge on any atom is -0.472 e. The number of likely N-dealkylation sites (N-methyl/N-ethyl adjacent to an activating group) is 1. The second-order valence-corrected chi connectivity index (χ2v) is 9.41. The Kier molecular flexibility index (Phi) is 7.83. The van der Waals surface area contributed by atoms with E-state index in [9.17, 15) is 23.5 Å². The van der Waals surface area contributed by atoms with Crippen LogP contribution in [0.3, 0.4) is 0 Å². The fraction of sp³-hybridized carbons (Fsp3) is 0.321. The molecule has 0 aliphatic carbocycles. The van der Waals surface area contributed by atoms with Gasteiger partial charge in [-0.1, -0.05) is 25.1 Å². The number of aliphatic hydroxyl groups is 1. The number of amides is 2. The fourth-order valence-electron chi connectivity index (χ4n) is 4.34. The first-order valence-corrected chi connectivity index (χ1v) is 12.0. The van der Waals surface area contributed by atoms with Crippen LogP contribution in [0.2, 0.25) is 0 Å². The number of benzene rings is 2. The average Bonchev–Trinajstić information content (AvgIpc) is 2.89. The van der Waals surface area contributed by atoms with Crippen LogP contribution in [0.15, 0.2) is 60.8 Å². The molecule has 3 aromatic rings. The molecule has 0 radical (unpaired) electrons. The molecule has 1 aliphatic heterocycles. The zero-order valence-corrected chi connectivity index (χ0v) is 20.9. The molecule has 7 nitrogen and oxygen atoms in total. The summed E-state index contributed by atoms with van der Waals surface area (Å²) in [6.07, 6.45) is 0.946. The number of aromatic nitrogens is 1. The number of rotatable bonds is 6. The van der Waals surface area contributed by atoms with Crippen molar-refractivity contribution >= 4 is 11.8 Å². The Hall–Kier alpha value is -3.85. The van der Waals surface area contributed by atoms with Crippen molar-refractivity contribution in [2.75, 3.05) is 26.7 Å². The number of hydrogen-bond donors (Lipinski definition) is 1. The van der Waals surface area contributed by atoms with E-state index in [1.807, 2.05) is 6.92 Å². The third kappa shape index (κ3) is 5.77. The van der Waals surface area contributed by atoms with E-state index < -0.39 is 23.8 Å². The highest BCUT2D eigenvalue weighted by Crippen LogP contribution is 2.30. The Bertz CT molecular complexity index is 1300. The smallest absolute Gasteiger partial charge is 0.259 e. The maximum atomic E-state index is 13.8. The van der Waals surface area contributed by atoms with E-state index in [0.717, 1.165) is 0 Å². The number of nitrogens with zero attached hydrogens (tertiary/aromatic N) is 3. The summed E-state index contributed by atoms with van der Waals surface area (Å²) in [5.74, 6) is -1.81. The largest absolute Gasteiger partial charge is 0.472 e. The molecule has 0 saturated carbocycles. The van der Waals surface area contributed by atoms with Crippen LogP contribution >= 0.6 is 0 Å². The van der Waals surface area contributed by atoms with Gasteiger partial charge in [0.2, 0.25) is 5.88 Å². The third-order valence-corrected chi connectivity index (χ3v) is 6.55. The molecule has 0 bridgehead atoms. The molecule has 0 spiro atoms. The summed E-state index contributed by atoms with van der Waals surface area (Å²) in [7, 11) is 1.60. The number of aliphatic hydroxyl groups excluding tert-OH is 1. The lowest BCUT2D eigenvalue weighted by Gasteiger charge is -2.37. The monoisotopic (exact) mass is 509 g/mol. The van der Waals surface area contributed by atoms with Gasteiger partial charge in [0.25, 0.3) is 11.8 Å². The predicted molar refractivity (Wildman–Crippen MR) is 134 cm³/mol. The highest BCUT2D eigenvalue weighted by molar-refractivity contribution is 5.98. The normalized spacial score (nSPS) is 18.3. The van der Waals surface area contributed by atoms with Gasteiger partial charge < -0.3 is 19.6 Å². The van der Waals surface area contributed by atoms with Gasteiger partial charge in [-0.3, -0.25) is 9.59 Å².